The van der Waals surface area contributed by atoms with E-state index in [1.165, 1.54) is 5.56 Å². The summed E-state index contributed by atoms with van der Waals surface area (Å²) in [5.74, 6) is 0.0478. The van der Waals surface area contributed by atoms with Crippen molar-refractivity contribution in [2.75, 3.05) is 17.7 Å². The van der Waals surface area contributed by atoms with Gasteiger partial charge in [0.05, 0.1) is 17.2 Å². The van der Waals surface area contributed by atoms with Crippen LogP contribution in [0.25, 0.3) is 0 Å². The Morgan fingerprint density at radius 2 is 1.97 bits per heavy atom. The molecule has 4 rings (SSSR count). The first-order chi connectivity index (χ1) is 15.0. The van der Waals surface area contributed by atoms with Gasteiger partial charge in [-0.25, -0.2) is 8.42 Å². The molecule has 1 aromatic heterocycles. The summed E-state index contributed by atoms with van der Waals surface area (Å²) in [6.07, 6.45) is 6.44. The van der Waals surface area contributed by atoms with Crippen LogP contribution in [0.2, 0.25) is 0 Å². The summed E-state index contributed by atoms with van der Waals surface area (Å²) in [7, 11) is -3.50. The standard InChI is InChI=1S/C23H25N3O4S/c27-23(10-15-31(28,29)22-9-8-18-4-1-5-19(18)16-22)25-20-6-2-7-21(17-20)30-14-13-26-12-3-11-24-26/h2-3,6-9,11-12,16-17H,1,4-5,10,13-15H2,(H,25,27). The normalized spacial score (nSPS) is 13.0. The van der Waals surface area contributed by atoms with E-state index in [2.05, 4.69) is 10.4 Å². The Balaban J connectivity index is 1.29. The van der Waals surface area contributed by atoms with Crippen LogP contribution in [0.4, 0.5) is 5.69 Å². The molecule has 3 aromatic rings. The van der Waals surface area contributed by atoms with Gasteiger partial charge in [-0.1, -0.05) is 12.1 Å². The van der Waals surface area contributed by atoms with Crippen LogP contribution in [0, 0.1) is 0 Å². The molecule has 0 fully saturated rings. The molecule has 0 atom stereocenters. The minimum Gasteiger partial charge on any atom is -0.492 e. The van der Waals surface area contributed by atoms with E-state index in [9.17, 15) is 13.2 Å². The fourth-order valence-corrected chi connectivity index (χ4v) is 4.95. The van der Waals surface area contributed by atoms with Gasteiger partial charge in [-0.3, -0.25) is 9.48 Å². The van der Waals surface area contributed by atoms with Crippen LogP contribution in [-0.2, 0) is 34.0 Å². The van der Waals surface area contributed by atoms with Gasteiger partial charge in [0, 0.05) is 30.6 Å². The third kappa shape index (κ3) is 5.52. The third-order valence-electron chi connectivity index (χ3n) is 5.29. The summed E-state index contributed by atoms with van der Waals surface area (Å²) < 4.78 is 32.8. The molecular weight excluding hydrogens is 414 g/mol. The molecule has 0 radical (unpaired) electrons. The molecule has 7 nitrogen and oxygen atoms in total. The highest BCUT2D eigenvalue weighted by molar-refractivity contribution is 7.91. The number of nitrogens with zero attached hydrogens (tertiary/aromatic N) is 2. The quantitative estimate of drug-likeness (QED) is 0.553. The van der Waals surface area contributed by atoms with Crippen LogP contribution in [0.3, 0.4) is 0 Å². The fourth-order valence-electron chi connectivity index (χ4n) is 3.66. The summed E-state index contributed by atoms with van der Waals surface area (Å²) >= 11 is 0. The third-order valence-corrected chi connectivity index (χ3v) is 7.01. The Bertz CT molecular complexity index is 1160. The maximum absolute atomic E-state index is 12.7. The Morgan fingerprint density at radius 1 is 1.10 bits per heavy atom. The molecule has 8 heteroatoms. The highest BCUT2D eigenvalue weighted by Gasteiger charge is 2.20. The smallest absolute Gasteiger partial charge is 0.225 e. The number of carbonyl (C=O) groups excluding carboxylic acids is 1. The van der Waals surface area contributed by atoms with E-state index >= 15 is 0 Å². The summed E-state index contributed by atoms with van der Waals surface area (Å²) in [5.41, 5.74) is 2.90. The number of aromatic nitrogens is 2. The molecule has 1 amide bonds. The second kappa shape index (κ2) is 9.34. The SMILES string of the molecule is O=C(CCS(=O)(=O)c1ccc2c(c1)CCC2)Nc1cccc(OCCn2cccn2)c1. The lowest BCUT2D eigenvalue weighted by Crippen LogP contribution is -2.17. The van der Waals surface area contributed by atoms with Gasteiger partial charge in [0.1, 0.15) is 12.4 Å². The molecule has 31 heavy (non-hydrogen) atoms. The van der Waals surface area contributed by atoms with E-state index < -0.39 is 9.84 Å². The molecule has 0 unspecified atom stereocenters. The van der Waals surface area contributed by atoms with Gasteiger partial charge >= 0.3 is 0 Å². The van der Waals surface area contributed by atoms with E-state index in [0.717, 1.165) is 24.8 Å². The number of benzene rings is 2. The van der Waals surface area contributed by atoms with Gasteiger partial charge in [-0.2, -0.15) is 5.10 Å². The number of ether oxygens (including phenoxy) is 1. The maximum Gasteiger partial charge on any atom is 0.225 e. The minimum absolute atomic E-state index is 0.107. The molecule has 162 valence electrons. The number of anilines is 1. The molecule has 1 aliphatic carbocycles. The number of hydrogen-bond acceptors (Lipinski definition) is 5. The first-order valence-electron chi connectivity index (χ1n) is 10.3. The zero-order valence-electron chi connectivity index (χ0n) is 17.2. The fraction of sp³-hybridized carbons (Fsp3) is 0.304. The van der Waals surface area contributed by atoms with Crippen molar-refractivity contribution in [3.05, 3.63) is 72.1 Å². The Morgan fingerprint density at radius 3 is 2.81 bits per heavy atom. The average Bonchev–Trinajstić information content (AvgIpc) is 3.44. The van der Waals surface area contributed by atoms with Crippen LogP contribution in [-0.4, -0.2) is 36.5 Å². The molecule has 1 N–H and O–H groups in total. The van der Waals surface area contributed by atoms with Gasteiger partial charge < -0.3 is 10.1 Å². The van der Waals surface area contributed by atoms with Crippen molar-refractivity contribution in [3.8, 4) is 5.75 Å². The minimum atomic E-state index is -3.50. The van der Waals surface area contributed by atoms with Crippen molar-refractivity contribution in [1.82, 2.24) is 9.78 Å². The molecule has 0 aliphatic heterocycles. The monoisotopic (exact) mass is 439 g/mol. The molecule has 0 saturated carbocycles. The number of sulfone groups is 1. The molecule has 1 aliphatic rings. The predicted molar refractivity (Wildman–Crippen MR) is 118 cm³/mol. The highest BCUT2D eigenvalue weighted by Crippen LogP contribution is 2.25. The van der Waals surface area contributed by atoms with Crippen LogP contribution in [0.5, 0.6) is 5.75 Å². The lowest BCUT2D eigenvalue weighted by atomic mass is 10.1. The Labute approximate surface area is 182 Å². The van der Waals surface area contributed by atoms with Crippen molar-refractivity contribution < 1.29 is 17.9 Å². The van der Waals surface area contributed by atoms with Crippen molar-refractivity contribution in [2.45, 2.75) is 37.1 Å². The molecule has 0 saturated heterocycles. The molecular formula is C23H25N3O4S. The van der Waals surface area contributed by atoms with Crippen molar-refractivity contribution in [3.63, 3.8) is 0 Å². The molecule has 0 bridgehead atoms. The molecule has 0 spiro atoms. The van der Waals surface area contributed by atoms with Crippen LogP contribution in [0.1, 0.15) is 24.0 Å². The van der Waals surface area contributed by atoms with Crippen molar-refractivity contribution in [2.24, 2.45) is 0 Å². The van der Waals surface area contributed by atoms with Crippen LogP contribution in [0.15, 0.2) is 65.8 Å². The molecule has 2 aromatic carbocycles. The maximum atomic E-state index is 12.7. The summed E-state index contributed by atoms with van der Waals surface area (Å²) in [5, 5.41) is 6.87. The number of carbonyl (C=O) groups is 1. The van der Waals surface area contributed by atoms with Crippen molar-refractivity contribution >= 4 is 21.4 Å². The highest BCUT2D eigenvalue weighted by atomic mass is 32.2. The number of fused-ring (bicyclic) bond motifs is 1. The zero-order valence-corrected chi connectivity index (χ0v) is 18.0. The van der Waals surface area contributed by atoms with Gasteiger partial charge in [-0.15, -0.1) is 0 Å². The number of aryl methyl sites for hydroxylation is 2. The van der Waals surface area contributed by atoms with Gasteiger partial charge in [0.15, 0.2) is 9.84 Å². The molecule has 1 heterocycles. The second-order valence-electron chi connectivity index (χ2n) is 7.55. The average molecular weight is 440 g/mol. The number of nitrogens with one attached hydrogen (secondary N) is 1. The van der Waals surface area contributed by atoms with E-state index in [-0.39, 0.29) is 18.1 Å². The zero-order chi connectivity index (χ0) is 21.7. The van der Waals surface area contributed by atoms with Crippen molar-refractivity contribution in [1.29, 1.82) is 0 Å². The van der Waals surface area contributed by atoms with Gasteiger partial charge in [0.2, 0.25) is 5.91 Å². The van der Waals surface area contributed by atoms with Gasteiger partial charge in [-0.05, 0) is 60.7 Å². The van der Waals surface area contributed by atoms with E-state index in [4.69, 9.17) is 4.74 Å². The summed E-state index contributed by atoms with van der Waals surface area (Å²) in [6.45, 7) is 1.06. The number of rotatable bonds is 9. The topological polar surface area (TPSA) is 90.3 Å². The van der Waals surface area contributed by atoms with E-state index in [0.29, 0.717) is 29.5 Å². The lowest BCUT2D eigenvalue weighted by molar-refractivity contribution is -0.115. The first kappa shape index (κ1) is 21.1. The van der Waals surface area contributed by atoms with Crippen LogP contribution < -0.4 is 10.1 Å². The largest absolute Gasteiger partial charge is 0.492 e. The summed E-state index contributed by atoms with van der Waals surface area (Å²) in [6, 6.07) is 14.2. The number of hydrogen-bond donors (Lipinski definition) is 1. The Kier molecular flexibility index (Phi) is 6.36. The first-order valence-corrected chi connectivity index (χ1v) is 12.0. The number of amides is 1. The lowest BCUT2D eigenvalue weighted by Gasteiger charge is -2.10. The summed E-state index contributed by atoms with van der Waals surface area (Å²) in [4.78, 5) is 12.6. The van der Waals surface area contributed by atoms with Crippen LogP contribution >= 0.6 is 0 Å². The second-order valence-corrected chi connectivity index (χ2v) is 9.66. The van der Waals surface area contributed by atoms with Gasteiger partial charge in [0.25, 0.3) is 0 Å². The predicted octanol–water partition coefficient (Wildman–Crippen LogP) is 3.25. The van der Waals surface area contributed by atoms with E-state index in [1.807, 2.05) is 18.3 Å². The van der Waals surface area contributed by atoms with E-state index in [1.54, 1.807) is 47.3 Å². The Hall–Kier alpha value is -3.13.